The summed E-state index contributed by atoms with van der Waals surface area (Å²) >= 11 is 0. The molecule has 2 heterocycles. The molecule has 2 aliphatic rings. The number of amides is 2. The molecule has 2 N–H and O–H groups in total. The minimum Gasteiger partial charge on any atom is -0.493 e. The number of rotatable bonds is 7. The van der Waals surface area contributed by atoms with Crippen molar-refractivity contribution in [2.45, 2.75) is 51.9 Å². The van der Waals surface area contributed by atoms with Gasteiger partial charge >= 0.3 is 12.0 Å². The third kappa shape index (κ3) is 4.82. The lowest BCUT2D eigenvalue weighted by molar-refractivity contribution is -0.142. The topological polar surface area (TPSA) is 95.1 Å². The highest BCUT2D eigenvalue weighted by Gasteiger charge is 2.35. The molecule has 158 valence electrons. The van der Waals surface area contributed by atoms with Gasteiger partial charge in [-0.05, 0) is 39.7 Å². The molecular weight excluding hydrogens is 376 g/mol. The quantitative estimate of drug-likeness (QED) is 0.679. The van der Waals surface area contributed by atoms with Gasteiger partial charge in [-0.1, -0.05) is 12.1 Å². The van der Waals surface area contributed by atoms with Crippen LogP contribution in [0.4, 0.5) is 4.79 Å². The molecule has 2 amide bonds. The van der Waals surface area contributed by atoms with Crippen molar-refractivity contribution in [1.29, 1.82) is 0 Å². The molecule has 0 bridgehead atoms. The molecule has 2 aliphatic heterocycles. The maximum atomic E-state index is 12.9. The molecular formula is C21H28N2O6. The normalized spacial score (nSPS) is 21.6. The van der Waals surface area contributed by atoms with Gasteiger partial charge in [0.15, 0.2) is 11.5 Å². The molecule has 0 radical (unpaired) electrons. The van der Waals surface area contributed by atoms with Crippen LogP contribution in [0.5, 0.6) is 11.5 Å². The molecule has 3 rings (SSSR count). The van der Waals surface area contributed by atoms with Crippen LogP contribution < -0.4 is 20.1 Å². The average molecular weight is 404 g/mol. The maximum absolute atomic E-state index is 12.9. The molecule has 8 heteroatoms. The smallest absolute Gasteiger partial charge is 0.338 e. The van der Waals surface area contributed by atoms with Crippen molar-refractivity contribution in [1.82, 2.24) is 10.6 Å². The van der Waals surface area contributed by atoms with Crippen molar-refractivity contribution in [2.75, 3.05) is 20.3 Å². The van der Waals surface area contributed by atoms with Crippen LogP contribution in [-0.4, -0.2) is 44.5 Å². The fourth-order valence-electron chi connectivity index (χ4n) is 3.50. The number of para-hydroxylation sites is 1. The molecule has 0 aliphatic carbocycles. The summed E-state index contributed by atoms with van der Waals surface area (Å²) in [5, 5.41) is 5.46. The molecule has 2 atom stereocenters. The van der Waals surface area contributed by atoms with Gasteiger partial charge in [0.05, 0.1) is 30.9 Å². The van der Waals surface area contributed by atoms with Gasteiger partial charge in [0, 0.05) is 17.9 Å². The van der Waals surface area contributed by atoms with Crippen LogP contribution >= 0.6 is 0 Å². The molecule has 0 spiro atoms. The zero-order valence-electron chi connectivity index (χ0n) is 17.2. The number of hydrogen-bond donors (Lipinski definition) is 2. The minimum atomic E-state index is -0.732. The summed E-state index contributed by atoms with van der Waals surface area (Å²) in [6.07, 6.45) is 1.62. The van der Waals surface area contributed by atoms with Crippen molar-refractivity contribution in [3.63, 3.8) is 0 Å². The van der Waals surface area contributed by atoms with E-state index in [9.17, 15) is 9.59 Å². The van der Waals surface area contributed by atoms with Gasteiger partial charge in [-0.25, -0.2) is 9.59 Å². The van der Waals surface area contributed by atoms with Crippen molar-refractivity contribution >= 4 is 12.0 Å². The Labute approximate surface area is 170 Å². The molecule has 1 aromatic rings. The van der Waals surface area contributed by atoms with E-state index >= 15 is 0 Å². The fourth-order valence-corrected chi connectivity index (χ4v) is 3.50. The van der Waals surface area contributed by atoms with E-state index in [1.54, 1.807) is 32.2 Å². The van der Waals surface area contributed by atoms with Gasteiger partial charge in [-0.3, -0.25) is 0 Å². The van der Waals surface area contributed by atoms with E-state index in [1.165, 1.54) is 0 Å². The Hall–Kier alpha value is -2.74. The van der Waals surface area contributed by atoms with Gasteiger partial charge in [0.25, 0.3) is 0 Å². The summed E-state index contributed by atoms with van der Waals surface area (Å²) in [5.74, 6) is 0.497. The standard InChI is InChI=1S/C21H28N2O6/c1-12(2)29-19-15(8-5-9-16(19)26-4)18-17(13(3)22-21(25)23-18)20(24)28-11-14-7-6-10-27-14/h5,8-9,12,14,18H,6-7,10-11H2,1-4H3,(H2,22,23,25)/t14-,18+/m1/s1. The van der Waals surface area contributed by atoms with Crippen molar-refractivity contribution in [3.8, 4) is 11.5 Å². The second-order valence-corrected chi connectivity index (χ2v) is 7.35. The summed E-state index contributed by atoms with van der Waals surface area (Å²) < 4.78 is 22.4. The van der Waals surface area contributed by atoms with E-state index < -0.39 is 18.0 Å². The van der Waals surface area contributed by atoms with E-state index in [0.717, 1.165) is 12.8 Å². The van der Waals surface area contributed by atoms with Crippen LogP contribution in [0, 0.1) is 0 Å². The van der Waals surface area contributed by atoms with E-state index in [4.69, 9.17) is 18.9 Å². The Kier molecular flexibility index (Phi) is 6.64. The van der Waals surface area contributed by atoms with E-state index in [-0.39, 0.29) is 18.8 Å². The number of urea groups is 1. The fraction of sp³-hybridized carbons (Fsp3) is 0.524. The lowest BCUT2D eigenvalue weighted by Crippen LogP contribution is -2.45. The third-order valence-corrected chi connectivity index (χ3v) is 4.81. The second-order valence-electron chi connectivity index (χ2n) is 7.35. The van der Waals surface area contributed by atoms with Crippen molar-refractivity contribution < 1.29 is 28.5 Å². The first-order valence-electron chi connectivity index (χ1n) is 9.81. The Balaban J connectivity index is 1.94. The first kappa shape index (κ1) is 21.0. The highest BCUT2D eigenvalue weighted by atomic mass is 16.6. The number of ether oxygens (including phenoxy) is 4. The zero-order chi connectivity index (χ0) is 21.0. The van der Waals surface area contributed by atoms with Crippen LogP contribution in [0.1, 0.15) is 45.2 Å². The molecule has 0 saturated carbocycles. The predicted molar refractivity (Wildman–Crippen MR) is 106 cm³/mol. The Morgan fingerprint density at radius 2 is 2.14 bits per heavy atom. The first-order valence-corrected chi connectivity index (χ1v) is 9.81. The number of carbonyl (C=O) groups excluding carboxylic acids is 2. The first-order chi connectivity index (χ1) is 13.9. The summed E-state index contributed by atoms with van der Waals surface area (Å²) in [5.41, 5.74) is 1.38. The second kappa shape index (κ2) is 9.17. The molecule has 1 aromatic carbocycles. The van der Waals surface area contributed by atoms with Crippen LogP contribution in [0.15, 0.2) is 29.5 Å². The number of nitrogens with one attached hydrogen (secondary N) is 2. The number of esters is 1. The maximum Gasteiger partial charge on any atom is 0.338 e. The van der Waals surface area contributed by atoms with Crippen LogP contribution in [0.2, 0.25) is 0 Å². The Morgan fingerprint density at radius 1 is 1.34 bits per heavy atom. The number of methoxy groups -OCH3 is 1. The van der Waals surface area contributed by atoms with Crippen molar-refractivity contribution in [3.05, 3.63) is 35.0 Å². The van der Waals surface area contributed by atoms with Crippen LogP contribution in [0.3, 0.4) is 0 Å². The van der Waals surface area contributed by atoms with E-state index in [2.05, 4.69) is 10.6 Å². The van der Waals surface area contributed by atoms with Crippen LogP contribution in [-0.2, 0) is 14.3 Å². The van der Waals surface area contributed by atoms with E-state index in [0.29, 0.717) is 34.9 Å². The third-order valence-electron chi connectivity index (χ3n) is 4.81. The molecule has 29 heavy (non-hydrogen) atoms. The largest absolute Gasteiger partial charge is 0.493 e. The lowest BCUT2D eigenvalue weighted by Gasteiger charge is -2.30. The highest BCUT2D eigenvalue weighted by molar-refractivity contribution is 5.95. The number of hydrogen-bond acceptors (Lipinski definition) is 6. The van der Waals surface area contributed by atoms with Crippen molar-refractivity contribution in [2.24, 2.45) is 0 Å². The minimum absolute atomic E-state index is 0.0823. The summed E-state index contributed by atoms with van der Waals surface area (Å²) in [6, 6.07) is 4.24. The Bertz CT molecular complexity index is 798. The van der Waals surface area contributed by atoms with Gasteiger partial charge < -0.3 is 29.6 Å². The SMILES string of the molecule is COc1cccc([C@@H]2NC(=O)NC(C)=C2C(=O)OC[C@H]2CCCO2)c1OC(C)C. The van der Waals surface area contributed by atoms with Crippen LogP contribution in [0.25, 0.3) is 0 Å². The monoisotopic (exact) mass is 404 g/mol. The molecule has 1 fully saturated rings. The number of allylic oxidation sites excluding steroid dienone is 1. The van der Waals surface area contributed by atoms with Gasteiger partial charge in [-0.2, -0.15) is 0 Å². The van der Waals surface area contributed by atoms with E-state index in [1.807, 2.05) is 13.8 Å². The number of benzene rings is 1. The predicted octanol–water partition coefficient (Wildman–Crippen LogP) is 2.83. The molecule has 1 saturated heterocycles. The molecule has 0 aromatic heterocycles. The summed E-state index contributed by atoms with van der Waals surface area (Å²) in [4.78, 5) is 25.1. The number of carbonyl (C=O) groups is 2. The van der Waals surface area contributed by atoms with Gasteiger partial charge in [0.2, 0.25) is 0 Å². The summed E-state index contributed by atoms with van der Waals surface area (Å²) in [6.45, 7) is 6.34. The summed E-state index contributed by atoms with van der Waals surface area (Å²) in [7, 11) is 1.55. The molecule has 0 unspecified atom stereocenters. The lowest BCUT2D eigenvalue weighted by atomic mass is 9.94. The molecule has 8 nitrogen and oxygen atoms in total. The highest BCUT2D eigenvalue weighted by Crippen LogP contribution is 2.39. The van der Waals surface area contributed by atoms with Gasteiger partial charge in [-0.15, -0.1) is 0 Å². The van der Waals surface area contributed by atoms with Gasteiger partial charge in [0.1, 0.15) is 6.61 Å². The Morgan fingerprint density at radius 3 is 2.79 bits per heavy atom. The zero-order valence-corrected chi connectivity index (χ0v) is 17.2. The average Bonchev–Trinajstić information content (AvgIpc) is 3.19.